The summed E-state index contributed by atoms with van der Waals surface area (Å²) in [6.45, 7) is 8.55. The standard InChI is InChI=1S/C15H26N4O2/c1-5-15(3,4)11-6-8-12(9-7-11)18-14(16)13(19(20)21)10(2)17-18/h11-12H,5-9,16H2,1-4H3. The number of rotatable bonds is 4. The van der Waals surface area contributed by atoms with Gasteiger partial charge in [-0.3, -0.25) is 10.1 Å². The highest BCUT2D eigenvalue weighted by Gasteiger charge is 2.34. The van der Waals surface area contributed by atoms with Crippen molar-refractivity contribution in [2.75, 3.05) is 5.73 Å². The molecule has 0 aromatic carbocycles. The molecule has 1 saturated carbocycles. The van der Waals surface area contributed by atoms with Gasteiger partial charge in [0.05, 0.1) is 11.0 Å². The smallest absolute Gasteiger partial charge is 0.333 e. The van der Waals surface area contributed by atoms with Gasteiger partial charge in [-0.15, -0.1) is 0 Å². The Labute approximate surface area is 125 Å². The van der Waals surface area contributed by atoms with Gasteiger partial charge in [-0.25, -0.2) is 4.68 Å². The minimum absolute atomic E-state index is 0.0361. The van der Waals surface area contributed by atoms with Gasteiger partial charge in [0.2, 0.25) is 5.82 Å². The van der Waals surface area contributed by atoms with Crippen LogP contribution in [-0.4, -0.2) is 14.7 Å². The van der Waals surface area contributed by atoms with E-state index in [0.717, 1.165) is 25.7 Å². The van der Waals surface area contributed by atoms with Crippen LogP contribution in [0.5, 0.6) is 0 Å². The quantitative estimate of drug-likeness (QED) is 0.675. The Hall–Kier alpha value is -1.59. The number of aryl methyl sites for hydroxylation is 1. The van der Waals surface area contributed by atoms with E-state index in [2.05, 4.69) is 25.9 Å². The number of nitrogens with two attached hydrogens (primary N) is 1. The Morgan fingerprint density at radius 2 is 1.95 bits per heavy atom. The normalized spacial score (nSPS) is 23.2. The van der Waals surface area contributed by atoms with Gasteiger partial charge in [-0.2, -0.15) is 5.10 Å². The number of nitrogens with zero attached hydrogens (tertiary/aromatic N) is 3. The van der Waals surface area contributed by atoms with E-state index in [-0.39, 0.29) is 17.5 Å². The molecule has 0 amide bonds. The fourth-order valence-electron chi connectivity index (χ4n) is 3.45. The predicted molar refractivity (Wildman–Crippen MR) is 83.1 cm³/mol. The summed E-state index contributed by atoms with van der Waals surface area (Å²) < 4.78 is 1.68. The molecule has 1 aromatic heterocycles. The molecule has 0 bridgehead atoms. The summed E-state index contributed by atoms with van der Waals surface area (Å²) in [5.41, 5.74) is 6.68. The van der Waals surface area contributed by atoms with Crippen molar-refractivity contribution in [3.05, 3.63) is 15.8 Å². The molecule has 6 nitrogen and oxygen atoms in total. The van der Waals surface area contributed by atoms with Crippen LogP contribution < -0.4 is 5.73 Å². The van der Waals surface area contributed by atoms with Crippen LogP contribution >= 0.6 is 0 Å². The lowest BCUT2D eigenvalue weighted by Crippen LogP contribution is -2.29. The van der Waals surface area contributed by atoms with Crippen LogP contribution in [0.3, 0.4) is 0 Å². The maximum Gasteiger partial charge on any atom is 0.333 e. The molecular formula is C15H26N4O2. The van der Waals surface area contributed by atoms with Gasteiger partial charge in [0.15, 0.2) is 0 Å². The Bertz CT molecular complexity index is 528. The maximum absolute atomic E-state index is 11.0. The number of nitro groups is 1. The van der Waals surface area contributed by atoms with Crippen molar-refractivity contribution in [1.82, 2.24) is 9.78 Å². The summed E-state index contributed by atoms with van der Waals surface area (Å²) in [4.78, 5) is 10.6. The zero-order valence-corrected chi connectivity index (χ0v) is 13.4. The average Bonchev–Trinajstić information content (AvgIpc) is 2.74. The Morgan fingerprint density at radius 1 is 1.38 bits per heavy atom. The third-order valence-electron chi connectivity index (χ3n) is 5.33. The maximum atomic E-state index is 11.0. The molecule has 1 aliphatic rings. The third kappa shape index (κ3) is 2.89. The molecule has 1 fully saturated rings. The Kier molecular flexibility index (Phi) is 4.25. The molecular weight excluding hydrogens is 268 g/mol. The average molecular weight is 294 g/mol. The van der Waals surface area contributed by atoms with E-state index in [1.54, 1.807) is 11.6 Å². The van der Waals surface area contributed by atoms with Crippen LogP contribution in [0.1, 0.15) is 64.6 Å². The molecule has 6 heteroatoms. The first-order valence-corrected chi connectivity index (χ1v) is 7.77. The first-order chi connectivity index (χ1) is 9.77. The number of nitrogen functional groups attached to an aromatic ring is 1. The molecule has 2 N–H and O–H groups in total. The molecule has 0 aliphatic heterocycles. The molecule has 21 heavy (non-hydrogen) atoms. The van der Waals surface area contributed by atoms with Crippen molar-refractivity contribution < 1.29 is 4.92 Å². The van der Waals surface area contributed by atoms with Gasteiger partial charge in [0.25, 0.3) is 0 Å². The first kappa shape index (κ1) is 15.8. The van der Waals surface area contributed by atoms with Crippen molar-refractivity contribution in [3.8, 4) is 0 Å². The number of anilines is 1. The summed E-state index contributed by atoms with van der Waals surface area (Å²) in [5.74, 6) is 0.919. The molecule has 0 spiro atoms. The van der Waals surface area contributed by atoms with Crippen molar-refractivity contribution in [1.29, 1.82) is 0 Å². The van der Waals surface area contributed by atoms with Gasteiger partial charge < -0.3 is 5.73 Å². The summed E-state index contributed by atoms with van der Waals surface area (Å²) >= 11 is 0. The highest BCUT2D eigenvalue weighted by atomic mass is 16.6. The Morgan fingerprint density at radius 3 is 2.38 bits per heavy atom. The lowest BCUT2D eigenvalue weighted by Gasteiger charge is -2.39. The van der Waals surface area contributed by atoms with Crippen LogP contribution in [0.4, 0.5) is 11.5 Å². The van der Waals surface area contributed by atoms with Gasteiger partial charge >= 0.3 is 5.69 Å². The summed E-state index contributed by atoms with van der Waals surface area (Å²) in [6, 6.07) is 0.196. The number of hydrogen-bond acceptors (Lipinski definition) is 4. The molecule has 1 heterocycles. The van der Waals surface area contributed by atoms with E-state index < -0.39 is 4.92 Å². The minimum Gasteiger partial charge on any atom is -0.378 e. The second-order valence-corrected chi connectivity index (χ2v) is 6.87. The zero-order chi connectivity index (χ0) is 15.8. The van der Waals surface area contributed by atoms with E-state index in [9.17, 15) is 10.1 Å². The van der Waals surface area contributed by atoms with Crippen molar-refractivity contribution >= 4 is 11.5 Å². The van der Waals surface area contributed by atoms with Crippen molar-refractivity contribution in [2.24, 2.45) is 11.3 Å². The SMILES string of the molecule is CCC(C)(C)C1CCC(n2nc(C)c([N+](=O)[O-])c2N)CC1. The van der Waals surface area contributed by atoms with Crippen molar-refractivity contribution in [3.63, 3.8) is 0 Å². The highest BCUT2D eigenvalue weighted by molar-refractivity contribution is 5.56. The second-order valence-electron chi connectivity index (χ2n) is 6.87. The van der Waals surface area contributed by atoms with Gasteiger partial charge in [-0.05, 0) is 43.9 Å². The molecule has 1 aromatic rings. The lowest BCUT2D eigenvalue weighted by atomic mass is 9.69. The fourth-order valence-corrected chi connectivity index (χ4v) is 3.45. The third-order valence-corrected chi connectivity index (χ3v) is 5.33. The van der Waals surface area contributed by atoms with E-state index in [4.69, 9.17) is 5.73 Å². The monoisotopic (exact) mass is 294 g/mol. The summed E-state index contributed by atoms with van der Waals surface area (Å²) in [7, 11) is 0. The zero-order valence-electron chi connectivity index (χ0n) is 13.4. The Balaban J connectivity index is 2.13. The van der Waals surface area contributed by atoms with Crippen LogP contribution in [0.2, 0.25) is 0 Å². The lowest BCUT2D eigenvalue weighted by molar-refractivity contribution is -0.384. The molecule has 118 valence electrons. The van der Waals surface area contributed by atoms with Crippen LogP contribution in [0, 0.1) is 28.4 Å². The molecule has 2 rings (SSSR count). The topological polar surface area (TPSA) is 87.0 Å². The minimum atomic E-state index is -0.431. The second kappa shape index (κ2) is 5.66. The van der Waals surface area contributed by atoms with E-state index in [0.29, 0.717) is 17.0 Å². The van der Waals surface area contributed by atoms with Gasteiger partial charge in [-0.1, -0.05) is 27.2 Å². The van der Waals surface area contributed by atoms with Gasteiger partial charge in [0.1, 0.15) is 5.69 Å². The van der Waals surface area contributed by atoms with E-state index in [1.807, 2.05) is 0 Å². The largest absolute Gasteiger partial charge is 0.378 e. The molecule has 0 saturated heterocycles. The van der Waals surface area contributed by atoms with Crippen LogP contribution in [0.25, 0.3) is 0 Å². The molecule has 0 atom stereocenters. The van der Waals surface area contributed by atoms with Crippen molar-refractivity contribution in [2.45, 2.75) is 65.8 Å². The molecule has 1 aliphatic carbocycles. The van der Waals surface area contributed by atoms with Crippen LogP contribution in [0.15, 0.2) is 0 Å². The fraction of sp³-hybridized carbons (Fsp3) is 0.800. The van der Waals surface area contributed by atoms with E-state index in [1.165, 1.54) is 6.42 Å². The van der Waals surface area contributed by atoms with Crippen LogP contribution in [-0.2, 0) is 0 Å². The van der Waals surface area contributed by atoms with E-state index >= 15 is 0 Å². The van der Waals surface area contributed by atoms with Gasteiger partial charge in [0, 0.05) is 0 Å². The number of hydrogen-bond donors (Lipinski definition) is 1. The first-order valence-electron chi connectivity index (χ1n) is 7.77. The number of aromatic nitrogens is 2. The summed E-state index contributed by atoms with van der Waals surface area (Å²) in [6.07, 6.45) is 5.44. The molecule has 0 radical (unpaired) electrons. The highest BCUT2D eigenvalue weighted by Crippen LogP contribution is 2.44. The molecule has 0 unspecified atom stereocenters. The summed E-state index contributed by atoms with van der Waals surface area (Å²) in [5, 5.41) is 15.3. The predicted octanol–water partition coefficient (Wildman–Crippen LogP) is 3.85.